The lowest BCUT2D eigenvalue weighted by Gasteiger charge is -2.20. The highest BCUT2D eigenvalue weighted by Crippen LogP contribution is 2.24. The van der Waals surface area contributed by atoms with E-state index in [9.17, 15) is 13.2 Å². The zero-order chi connectivity index (χ0) is 19.5. The van der Waals surface area contributed by atoms with Crippen molar-refractivity contribution in [2.45, 2.75) is 38.2 Å². The molecule has 0 heterocycles. The van der Waals surface area contributed by atoms with Crippen LogP contribution in [0.15, 0.2) is 47.4 Å². The van der Waals surface area contributed by atoms with Gasteiger partial charge in [-0.3, -0.25) is 10.0 Å². The average molecular weight is 488 g/mol. The van der Waals surface area contributed by atoms with Gasteiger partial charge in [0, 0.05) is 14.9 Å². The fraction of sp³-hybridized carbons (Fsp3) is 0.278. The lowest BCUT2D eigenvalue weighted by Crippen LogP contribution is -2.27. The molecular formula is C18H21IN2O4S. The minimum Gasteiger partial charge on any atom is -0.444 e. The van der Waals surface area contributed by atoms with Crippen molar-refractivity contribution in [2.24, 2.45) is 0 Å². The summed E-state index contributed by atoms with van der Waals surface area (Å²) in [4.78, 5) is 12.0. The molecule has 0 radical (unpaired) electrons. The first-order valence-electron chi connectivity index (χ1n) is 7.85. The van der Waals surface area contributed by atoms with Gasteiger partial charge in [0.1, 0.15) is 5.60 Å². The standard InChI is InChI=1S/C18H21IN2O4S/c1-12-5-8-15(20-17(22)25-18(2,3)4)11-16(12)26(23,24)21-14-9-6-13(19)7-10-14/h5-11,21H,1-4H3,(H,20,22). The fourth-order valence-corrected chi connectivity index (χ4v) is 3.81. The molecule has 0 fully saturated rings. The molecular weight excluding hydrogens is 467 g/mol. The summed E-state index contributed by atoms with van der Waals surface area (Å²) in [7, 11) is -3.79. The number of sulfonamides is 1. The van der Waals surface area contributed by atoms with Crippen molar-refractivity contribution in [3.05, 3.63) is 51.6 Å². The van der Waals surface area contributed by atoms with Crippen LogP contribution in [0.3, 0.4) is 0 Å². The van der Waals surface area contributed by atoms with Crippen molar-refractivity contribution < 1.29 is 17.9 Å². The predicted octanol–water partition coefficient (Wildman–Crippen LogP) is 4.75. The number of hydrogen-bond donors (Lipinski definition) is 2. The van der Waals surface area contributed by atoms with Gasteiger partial charge in [-0.25, -0.2) is 13.2 Å². The molecule has 0 saturated heterocycles. The molecule has 0 aliphatic rings. The molecule has 26 heavy (non-hydrogen) atoms. The maximum atomic E-state index is 12.7. The minimum absolute atomic E-state index is 0.0876. The van der Waals surface area contributed by atoms with Crippen molar-refractivity contribution in [1.29, 1.82) is 0 Å². The number of nitrogens with one attached hydrogen (secondary N) is 2. The summed E-state index contributed by atoms with van der Waals surface area (Å²) < 4.78 is 34.2. The Morgan fingerprint density at radius 2 is 1.62 bits per heavy atom. The Morgan fingerprint density at radius 1 is 1.04 bits per heavy atom. The Balaban J connectivity index is 2.25. The molecule has 0 unspecified atom stereocenters. The minimum atomic E-state index is -3.79. The third kappa shape index (κ3) is 5.87. The van der Waals surface area contributed by atoms with Gasteiger partial charge >= 0.3 is 6.09 Å². The summed E-state index contributed by atoms with van der Waals surface area (Å²) in [6.07, 6.45) is -0.643. The Labute approximate surface area is 167 Å². The van der Waals surface area contributed by atoms with Crippen molar-refractivity contribution in [3.8, 4) is 0 Å². The van der Waals surface area contributed by atoms with Crippen LogP contribution < -0.4 is 10.0 Å². The Bertz CT molecular complexity index is 904. The first-order chi connectivity index (χ1) is 12.0. The van der Waals surface area contributed by atoms with Crippen LogP contribution in [0.4, 0.5) is 16.2 Å². The second kappa shape index (κ2) is 7.83. The van der Waals surface area contributed by atoms with E-state index < -0.39 is 21.7 Å². The molecule has 0 aliphatic carbocycles. The van der Waals surface area contributed by atoms with Gasteiger partial charge in [0.25, 0.3) is 10.0 Å². The van der Waals surface area contributed by atoms with Gasteiger partial charge in [0.2, 0.25) is 0 Å². The summed E-state index contributed by atoms with van der Waals surface area (Å²) in [5, 5.41) is 2.56. The van der Waals surface area contributed by atoms with E-state index in [0.717, 1.165) is 3.57 Å². The summed E-state index contributed by atoms with van der Waals surface area (Å²) in [6.45, 7) is 6.95. The van der Waals surface area contributed by atoms with E-state index in [1.165, 1.54) is 6.07 Å². The third-order valence-corrected chi connectivity index (χ3v) is 5.46. The molecule has 0 aromatic heterocycles. The molecule has 1 amide bonds. The predicted molar refractivity (Wildman–Crippen MR) is 111 cm³/mol. The lowest BCUT2D eigenvalue weighted by atomic mass is 10.2. The molecule has 0 aliphatic heterocycles. The van der Waals surface area contributed by atoms with Crippen LogP contribution in [0.2, 0.25) is 0 Å². The number of amides is 1. The Hall–Kier alpha value is -1.81. The number of ether oxygens (including phenoxy) is 1. The van der Waals surface area contributed by atoms with E-state index in [1.54, 1.807) is 52.0 Å². The monoisotopic (exact) mass is 488 g/mol. The van der Waals surface area contributed by atoms with Crippen LogP contribution in [0.5, 0.6) is 0 Å². The van der Waals surface area contributed by atoms with Crippen LogP contribution >= 0.6 is 22.6 Å². The van der Waals surface area contributed by atoms with Crippen LogP contribution in [0, 0.1) is 10.5 Å². The molecule has 6 nitrogen and oxygen atoms in total. The first-order valence-corrected chi connectivity index (χ1v) is 10.4. The van der Waals surface area contributed by atoms with Crippen molar-refractivity contribution in [2.75, 3.05) is 10.0 Å². The normalized spacial score (nSPS) is 11.7. The van der Waals surface area contributed by atoms with Crippen LogP contribution in [-0.2, 0) is 14.8 Å². The summed E-state index contributed by atoms with van der Waals surface area (Å²) in [5.41, 5.74) is 0.733. The Kier molecular flexibility index (Phi) is 6.17. The molecule has 2 rings (SSSR count). The SMILES string of the molecule is Cc1ccc(NC(=O)OC(C)(C)C)cc1S(=O)(=O)Nc1ccc(I)cc1. The molecule has 0 spiro atoms. The molecule has 0 bridgehead atoms. The first kappa shape index (κ1) is 20.5. The molecule has 8 heteroatoms. The fourth-order valence-electron chi connectivity index (χ4n) is 2.12. The molecule has 2 aromatic carbocycles. The number of aryl methyl sites for hydroxylation is 1. The van der Waals surface area contributed by atoms with Gasteiger partial charge in [0.05, 0.1) is 4.90 Å². The van der Waals surface area contributed by atoms with Crippen LogP contribution in [-0.4, -0.2) is 20.1 Å². The van der Waals surface area contributed by atoms with E-state index in [2.05, 4.69) is 32.6 Å². The Morgan fingerprint density at radius 3 is 2.19 bits per heavy atom. The number of rotatable bonds is 4. The lowest BCUT2D eigenvalue weighted by molar-refractivity contribution is 0.0636. The maximum absolute atomic E-state index is 12.7. The number of benzene rings is 2. The molecule has 2 aromatic rings. The molecule has 140 valence electrons. The van der Waals surface area contributed by atoms with Crippen LogP contribution in [0.1, 0.15) is 26.3 Å². The van der Waals surface area contributed by atoms with E-state index in [1.807, 2.05) is 12.1 Å². The molecule has 0 saturated carbocycles. The smallest absolute Gasteiger partial charge is 0.412 e. The maximum Gasteiger partial charge on any atom is 0.412 e. The van der Waals surface area contributed by atoms with Gasteiger partial charge in [-0.2, -0.15) is 0 Å². The number of hydrogen-bond acceptors (Lipinski definition) is 4. The quantitative estimate of drug-likeness (QED) is 0.609. The highest BCUT2D eigenvalue weighted by molar-refractivity contribution is 14.1. The second-order valence-electron chi connectivity index (χ2n) is 6.72. The van der Waals surface area contributed by atoms with Crippen molar-refractivity contribution >= 4 is 50.1 Å². The van der Waals surface area contributed by atoms with Gasteiger partial charge < -0.3 is 4.74 Å². The summed E-state index contributed by atoms with van der Waals surface area (Å²) in [6, 6.07) is 11.7. The average Bonchev–Trinajstić information content (AvgIpc) is 2.49. The van der Waals surface area contributed by atoms with Crippen LogP contribution in [0.25, 0.3) is 0 Å². The van der Waals surface area contributed by atoms with Crippen molar-refractivity contribution in [3.63, 3.8) is 0 Å². The zero-order valence-electron chi connectivity index (χ0n) is 15.0. The third-order valence-electron chi connectivity index (χ3n) is 3.22. The zero-order valence-corrected chi connectivity index (χ0v) is 17.9. The van der Waals surface area contributed by atoms with Gasteiger partial charge in [-0.1, -0.05) is 6.07 Å². The summed E-state index contributed by atoms with van der Waals surface area (Å²) in [5.74, 6) is 0. The van der Waals surface area contributed by atoms with Gasteiger partial charge in [-0.05, 0) is 92.2 Å². The van der Waals surface area contributed by atoms with E-state index >= 15 is 0 Å². The summed E-state index contributed by atoms with van der Waals surface area (Å²) >= 11 is 2.15. The molecule has 2 N–H and O–H groups in total. The topological polar surface area (TPSA) is 84.5 Å². The van der Waals surface area contributed by atoms with Gasteiger partial charge in [0.15, 0.2) is 0 Å². The number of carbonyl (C=O) groups excluding carboxylic acids is 1. The molecule has 0 atom stereocenters. The number of carbonyl (C=O) groups is 1. The number of anilines is 2. The van der Waals surface area contributed by atoms with E-state index in [-0.39, 0.29) is 4.90 Å². The highest BCUT2D eigenvalue weighted by atomic mass is 127. The number of halogens is 1. The van der Waals surface area contributed by atoms with E-state index in [4.69, 9.17) is 4.74 Å². The van der Waals surface area contributed by atoms with E-state index in [0.29, 0.717) is 16.9 Å². The van der Waals surface area contributed by atoms with Gasteiger partial charge in [-0.15, -0.1) is 0 Å². The largest absolute Gasteiger partial charge is 0.444 e. The van der Waals surface area contributed by atoms with Crippen molar-refractivity contribution in [1.82, 2.24) is 0 Å². The second-order valence-corrected chi connectivity index (χ2v) is 9.62. The highest BCUT2D eigenvalue weighted by Gasteiger charge is 2.20.